The van der Waals surface area contributed by atoms with Gasteiger partial charge in [-0.25, -0.2) is 14.6 Å². The van der Waals surface area contributed by atoms with E-state index >= 15 is 0 Å². The number of nitrogens with zero attached hydrogens (tertiary/aromatic N) is 1. The number of benzene rings is 1. The molecule has 4 aliphatic heterocycles. The van der Waals surface area contributed by atoms with Crippen molar-refractivity contribution in [2.24, 2.45) is 23.7 Å². The predicted molar refractivity (Wildman–Crippen MR) is 123 cm³/mol. The third kappa shape index (κ3) is 4.40. The number of nitro benzene ring substituents is 1. The van der Waals surface area contributed by atoms with Crippen LogP contribution < -0.4 is 10.6 Å². The fourth-order valence-electron chi connectivity index (χ4n) is 6.24. The van der Waals surface area contributed by atoms with E-state index in [4.69, 9.17) is 24.0 Å². The summed E-state index contributed by atoms with van der Waals surface area (Å²) in [4.78, 5) is 34.4. The van der Waals surface area contributed by atoms with Crippen LogP contribution in [-0.4, -0.2) is 48.1 Å². The normalized spacial score (nSPS) is 39.9. The molecule has 6 rings (SSSR count). The topological polar surface area (TPSA) is 130 Å². The lowest BCUT2D eigenvalue weighted by Gasteiger charge is -2.60. The fourth-order valence-corrected chi connectivity index (χ4v) is 6.24. The lowest BCUT2D eigenvalue weighted by molar-refractivity contribution is -0.577. The number of carbonyl (C=O) groups excluding carboxylic acids is 1. The number of amides is 2. The summed E-state index contributed by atoms with van der Waals surface area (Å²) < 4.78 is 18.7. The summed E-state index contributed by atoms with van der Waals surface area (Å²) >= 11 is 0. The SMILES string of the molecule is C[C@H]1[C@@H](OCCNC(=O)Nc2ccc([N+](=O)[O-])cc2)O[C@@H]2O[C@]3(C)CC[C@H]4[C@H](C)CC[C@@H]1[C@@]24OO3. The Morgan fingerprint density at radius 2 is 1.94 bits per heavy atom. The molecule has 5 aliphatic rings. The molecule has 2 amide bonds. The van der Waals surface area contributed by atoms with Gasteiger partial charge in [0.25, 0.3) is 5.69 Å². The molecule has 35 heavy (non-hydrogen) atoms. The Balaban J connectivity index is 1.16. The zero-order chi connectivity index (χ0) is 24.8. The van der Waals surface area contributed by atoms with Crippen molar-refractivity contribution in [3.63, 3.8) is 0 Å². The molecule has 0 unspecified atom stereocenters. The summed E-state index contributed by atoms with van der Waals surface area (Å²) in [7, 11) is 0. The molecule has 1 aromatic rings. The smallest absolute Gasteiger partial charge is 0.319 e. The second-order valence-corrected chi connectivity index (χ2v) is 10.3. The summed E-state index contributed by atoms with van der Waals surface area (Å²) in [6.07, 6.45) is 2.77. The summed E-state index contributed by atoms with van der Waals surface area (Å²) in [6, 6.07) is 5.20. The third-order valence-corrected chi connectivity index (χ3v) is 8.10. The third-order valence-electron chi connectivity index (χ3n) is 8.10. The van der Waals surface area contributed by atoms with Crippen LogP contribution in [0.25, 0.3) is 0 Å². The van der Waals surface area contributed by atoms with Gasteiger partial charge in [-0.3, -0.25) is 10.1 Å². The Kier molecular flexibility index (Phi) is 6.47. The van der Waals surface area contributed by atoms with Gasteiger partial charge in [-0.15, -0.1) is 0 Å². The van der Waals surface area contributed by atoms with Crippen LogP contribution in [0.5, 0.6) is 0 Å². The number of ether oxygens (including phenoxy) is 3. The van der Waals surface area contributed by atoms with Gasteiger partial charge in [0.05, 0.1) is 11.5 Å². The highest BCUT2D eigenvalue weighted by atomic mass is 17.3. The molecular formula is C24H33N3O8. The van der Waals surface area contributed by atoms with Crippen molar-refractivity contribution in [3.8, 4) is 0 Å². The van der Waals surface area contributed by atoms with Gasteiger partial charge in [-0.1, -0.05) is 13.8 Å². The zero-order valence-corrected chi connectivity index (χ0v) is 20.2. The van der Waals surface area contributed by atoms with Crippen LogP contribution in [0.4, 0.5) is 16.2 Å². The number of rotatable bonds is 6. The average Bonchev–Trinajstić information content (AvgIpc) is 3.06. The second-order valence-electron chi connectivity index (χ2n) is 10.3. The maximum absolute atomic E-state index is 12.2. The Bertz CT molecular complexity index is 961. The van der Waals surface area contributed by atoms with Gasteiger partial charge in [-0.2, -0.15) is 0 Å². The summed E-state index contributed by atoms with van der Waals surface area (Å²) in [5.74, 6) is 0.190. The first-order valence-electron chi connectivity index (χ1n) is 12.3. The fraction of sp³-hybridized carbons (Fsp3) is 0.708. The van der Waals surface area contributed by atoms with Gasteiger partial charge in [0.15, 0.2) is 18.2 Å². The van der Waals surface area contributed by atoms with Gasteiger partial charge in [0, 0.05) is 42.6 Å². The summed E-state index contributed by atoms with van der Waals surface area (Å²) in [5.41, 5.74) is -0.209. The van der Waals surface area contributed by atoms with E-state index in [2.05, 4.69) is 24.5 Å². The Morgan fingerprint density at radius 3 is 2.69 bits per heavy atom. The molecule has 11 nitrogen and oxygen atoms in total. The molecule has 0 aromatic heterocycles. The highest BCUT2D eigenvalue weighted by Crippen LogP contribution is 2.60. The molecule has 11 heteroatoms. The Labute approximate surface area is 203 Å². The first kappa shape index (κ1) is 24.4. The monoisotopic (exact) mass is 491 g/mol. The highest BCUT2D eigenvalue weighted by molar-refractivity contribution is 5.89. The van der Waals surface area contributed by atoms with Crippen molar-refractivity contribution in [1.82, 2.24) is 5.32 Å². The second kappa shape index (κ2) is 9.29. The zero-order valence-electron chi connectivity index (χ0n) is 20.2. The molecule has 1 saturated carbocycles. The maximum Gasteiger partial charge on any atom is 0.319 e. The van der Waals surface area contributed by atoms with Crippen molar-refractivity contribution >= 4 is 17.4 Å². The van der Waals surface area contributed by atoms with Gasteiger partial charge in [-0.05, 0) is 50.2 Å². The molecule has 0 radical (unpaired) electrons. The average molecular weight is 492 g/mol. The van der Waals surface area contributed by atoms with E-state index in [1.165, 1.54) is 24.3 Å². The lowest BCUT2D eigenvalue weighted by Crippen LogP contribution is -2.70. The number of urea groups is 1. The van der Waals surface area contributed by atoms with Crippen molar-refractivity contribution in [3.05, 3.63) is 34.4 Å². The maximum atomic E-state index is 12.2. The standard InChI is InChI=1S/C24H33N3O8/c1-14-4-9-19-15(2)20(32-21-24(19)18(14)10-11-23(3,33-21)34-35-24)31-13-12-25-22(28)26-16-5-7-17(8-6-16)27(29)30/h5-8,14-15,18-21H,4,9-13H2,1-3H3,(H2,25,26,28)/t14-,15-,18+,19+,20+,21-,23+,24-/m1/s1. The summed E-state index contributed by atoms with van der Waals surface area (Å²) in [6.45, 7) is 6.80. The van der Waals surface area contributed by atoms with Crippen molar-refractivity contribution in [2.45, 2.75) is 70.4 Å². The van der Waals surface area contributed by atoms with E-state index in [9.17, 15) is 14.9 Å². The quantitative estimate of drug-likeness (QED) is 0.265. The molecule has 5 fully saturated rings. The molecule has 1 spiro atoms. The Morgan fingerprint density at radius 1 is 1.17 bits per heavy atom. The number of anilines is 1. The van der Waals surface area contributed by atoms with Crippen LogP contribution in [-0.2, 0) is 24.0 Å². The van der Waals surface area contributed by atoms with Crippen LogP contribution in [0.1, 0.15) is 46.5 Å². The molecule has 2 bridgehead atoms. The number of hydrogen-bond donors (Lipinski definition) is 2. The Hall–Kier alpha value is -2.31. The van der Waals surface area contributed by atoms with Gasteiger partial charge < -0.3 is 24.8 Å². The number of fused-ring (bicyclic) bond motifs is 2. The van der Waals surface area contributed by atoms with Crippen molar-refractivity contribution < 1.29 is 33.7 Å². The minimum atomic E-state index is -0.833. The molecule has 4 saturated heterocycles. The van der Waals surface area contributed by atoms with Gasteiger partial charge in [0.2, 0.25) is 5.79 Å². The number of hydrogen-bond acceptors (Lipinski definition) is 8. The largest absolute Gasteiger partial charge is 0.350 e. The van der Waals surface area contributed by atoms with E-state index < -0.39 is 34.9 Å². The molecular weight excluding hydrogens is 458 g/mol. The first-order chi connectivity index (χ1) is 16.7. The molecule has 1 aliphatic carbocycles. The number of carbonyl (C=O) groups is 1. The van der Waals surface area contributed by atoms with Gasteiger partial charge in [0.1, 0.15) is 0 Å². The molecule has 192 valence electrons. The van der Waals surface area contributed by atoms with Crippen LogP contribution in [0.15, 0.2) is 24.3 Å². The van der Waals surface area contributed by atoms with Crippen LogP contribution in [0, 0.1) is 33.8 Å². The van der Waals surface area contributed by atoms with Crippen LogP contribution >= 0.6 is 0 Å². The minimum Gasteiger partial charge on any atom is -0.350 e. The molecule has 1 aromatic carbocycles. The van der Waals surface area contributed by atoms with Crippen molar-refractivity contribution in [2.75, 3.05) is 18.5 Å². The molecule has 8 atom stereocenters. The molecule has 4 heterocycles. The minimum absolute atomic E-state index is 0.0386. The number of nitrogens with one attached hydrogen (secondary N) is 2. The number of nitro groups is 1. The predicted octanol–water partition coefficient (Wildman–Crippen LogP) is 3.94. The van der Waals surface area contributed by atoms with E-state index in [0.29, 0.717) is 17.5 Å². The van der Waals surface area contributed by atoms with E-state index in [0.717, 1.165) is 25.7 Å². The lowest BCUT2D eigenvalue weighted by atomic mass is 9.58. The first-order valence-corrected chi connectivity index (χ1v) is 12.3. The van der Waals surface area contributed by atoms with Crippen LogP contribution in [0.2, 0.25) is 0 Å². The van der Waals surface area contributed by atoms with E-state index in [1.807, 2.05) is 6.92 Å². The van der Waals surface area contributed by atoms with Crippen molar-refractivity contribution in [1.29, 1.82) is 0 Å². The van der Waals surface area contributed by atoms with Crippen LogP contribution in [0.3, 0.4) is 0 Å². The van der Waals surface area contributed by atoms with Gasteiger partial charge >= 0.3 is 6.03 Å². The number of non-ortho nitro benzene ring substituents is 1. The molecule has 2 N–H and O–H groups in total. The summed E-state index contributed by atoms with van der Waals surface area (Å²) in [5, 5.41) is 16.1. The van der Waals surface area contributed by atoms with E-state index in [1.54, 1.807) is 0 Å². The van der Waals surface area contributed by atoms with E-state index in [-0.39, 0.29) is 30.7 Å². The highest BCUT2D eigenvalue weighted by Gasteiger charge is 2.69.